The van der Waals surface area contributed by atoms with Gasteiger partial charge in [-0.25, -0.2) is 9.97 Å². The van der Waals surface area contributed by atoms with Crippen molar-refractivity contribution >= 4 is 44.9 Å². The number of nitrogens with zero attached hydrogens (tertiary/aromatic N) is 2. The quantitative estimate of drug-likeness (QED) is 0.656. The first kappa shape index (κ1) is 12.8. The van der Waals surface area contributed by atoms with Gasteiger partial charge in [0.1, 0.15) is 5.82 Å². The number of amides is 1. The van der Waals surface area contributed by atoms with E-state index in [4.69, 9.17) is 17.3 Å². The van der Waals surface area contributed by atoms with E-state index in [1.807, 2.05) is 0 Å². The average Bonchev–Trinajstić information content (AvgIpc) is 2.32. The molecule has 5 nitrogen and oxygen atoms in total. The minimum Gasteiger partial charge on any atom is -0.398 e. The topological polar surface area (TPSA) is 80.9 Å². The zero-order valence-corrected chi connectivity index (χ0v) is 11.4. The Morgan fingerprint density at radius 1 is 1.39 bits per heavy atom. The third-order valence-corrected chi connectivity index (χ3v) is 3.00. The van der Waals surface area contributed by atoms with E-state index in [2.05, 4.69) is 31.2 Å². The van der Waals surface area contributed by atoms with Gasteiger partial charge in [-0.15, -0.1) is 0 Å². The monoisotopic (exact) mass is 326 g/mol. The van der Waals surface area contributed by atoms with Gasteiger partial charge in [-0.05, 0) is 51.8 Å². The van der Waals surface area contributed by atoms with E-state index in [-0.39, 0.29) is 11.2 Å². The van der Waals surface area contributed by atoms with Crippen LogP contribution >= 0.6 is 27.5 Å². The molecule has 3 N–H and O–H groups in total. The van der Waals surface area contributed by atoms with E-state index in [9.17, 15) is 4.79 Å². The Morgan fingerprint density at radius 3 is 2.83 bits per heavy atom. The summed E-state index contributed by atoms with van der Waals surface area (Å²) in [5, 5.41) is 2.68. The van der Waals surface area contributed by atoms with Crippen LogP contribution in [0.2, 0.25) is 5.28 Å². The standard InChI is InChI=1S/C11H8BrClN4O/c12-7-5-6(1-2-8(7)14)10(18)16-9-3-4-15-11(13)17-9/h1-5H,14H2,(H,15,16,17,18). The van der Waals surface area contributed by atoms with Crippen molar-refractivity contribution in [2.24, 2.45) is 0 Å². The van der Waals surface area contributed by atoms with E-state index >= 15 is 0 Å². The summed E-state index contributed by atoms with van der Waals surface area (Å²) in [4.78, 5) is 19.5. The Labute approximate surface area is 117 Å². The number of carbonyl (C=O) groups is 1. The first-order valence-electron chi connectivity index (χ1n) is 4.91. The summed E-state index contributed by atoms with van der Waals surface area (Å²) < 4.78 is 0.663. The fourth-order valence-electron chi connectivity index (χ4n) is 1.26. The molecule has 0 atom stereocenters. The van der Waals surface area contributed by atoms with Gasteiger partial charge in [0.05, 0.1) is 0 Å². The van der Waals surface area contributed by atoms with Crippen molar-refractivity contribution in [3.05, 3.63) is 45.8 Å². The first-order chi connectivity index (χ1) is 8.56. The van der Waals surface area contributed by atoms with Crippen LogP contribution < -0.4 is 11.1 Å². The van der Waals surface area contributed by atoms with E-state index in [0.717, 1.165) is 0 Å². The number of carbonyl (C=O) groups excluding carboxylic acids is 1. The Morgan fingerprint density at radius 2 is 2.17 bits per heavy atom. The van der Waals surface area contributed by atoms with Crippen molar-refractivity contribution < 1.29 is 4.79 Å². The molecule has 0 aliphatic carbocycles. The predicted octanol–water partition coefficient (Wildman–Crippen LogP) is 2.73. The molecule has 0 spiro atoms. The molecule has 0 saturated carbocycles. The maximum Gasteiger partial charge on any atom is 0.256 e. The Hall–Kier alpha value is -1.66. The van der Waals surface area contributed by atoms with Crippen LogP contribution in [0.5, 0.6) is 0 Å². The molecule has 7 heteroatoms. The number of nitrogen functional groups attached to an aromatic ring is 1. The fourth-order valence-corrected chi connectivity index (χ4v) is 1.79. The van der Waals surface area contributed by atoms with Crippen LogP contribution in [-0.4, -0.2) is 15.9 Å². The Balaban J connectivity index is 2.19. The van der Waals surface area contributed by atoms with Crippen LogP contribution in [-0.2, 0) is 0 Å². The predicted molar refractivity (Wildman–Crippen MR) is 73.5 cm³/mol. The molecule has 18 heavy (non-hydrogen) atoms. The number of anilines is 2. The van der Waals surface area contributed by atoms with Crippen LogP contribution in [0, 0.1) is 0 Å². The molecule has 2 aromatic rings. The number of hydrogen-bond donors (Lipinski definition) is 2. The van der Waals surface area contributed by atoms with E-state index in [1.165, 1.54) is 6.20 Å². The highest BCUT2D eigenvalue weighted by atomic mass is 79.9. The van der Waals surface area contributed by atoms with E-state index < -0.39 is 0 Å². The molecular formula is C11H8BrClN4O. The maximum absolute atomic E-state index is 11.9. The van der Waals surface area contributed by atoms with Crippen molar-refractivity contribution in [1.29, 1.82) is 0 Å². The van der Waals surface area contributed by atoms with Gasteiger partial charge in [-0.3, -0.25) is 4.79 Å². The number of nitrogens with two attached hydrogens (primary N) is 1. The lowest BCUT2D eigenvalue weighted by molar-refractivity contribution is 0.102. The lowest BCUT2D eigenvalue weighted by Gasteiger charge is -2.05. The number of benzene rings is 1. The molecule has 0 saturated heterocycles. The van der Waals surface area contributed by atoms with Crippen LogP contribution in [0.1, 0.15) is 10.4 Å². The third-order valence-electron chi connectivity index (χ3n) is 2.13. The largest absolute Gasteiger partial charge is 0.398 e. The summed E-state index contributed by atoms with van der Waals surface area (Å²) in [5.74, 6) is 0.0402. The zero-order valence-electron chi connectivity index (χ0n) is 9.02. The summed E-state index contributed by atoms with van der Waals surface area (Å²) in [6, 6.07) is 6.45. The minimum atomic E-state index is -0.300. The Kier molecular flexibility index (Phi) is 3.78. The number of rotatable bonds is 2. The SMILES string of the molecule is Nc1ccc(C(=O)Nc2ccnc(Cl)n2)cc1Br. The van der Waals surface area contributed by atoms with Gasteiger partial charge in [-0.1, -0.05) is 0 Å². The molecule has 1 aromatic carbocycles. The number of halogens is 2. The summed E-state index contributed by atoms with van der Waals surface area (Å²) in [6.45, 7) is 0. The third kappa shape index (κ3) is 2.96. The molecule has 0 fully saturated rings. The normalized spacial score (nSPS) is 10.1. The first-order valence-corrected chi connectivity index (χ1v) is 6.08. The van der Waals surface area contributed by atoms with E-state index in [0.29, 0.717) is 21.5 Å². The van der Waals surface area contributed by atoms with Crippen molar-refractivity contribution in [2.75, 3.05) is 11.1 Å². The van der Waals surface area contributed by atoms with Crippen molar-refractivity contribution in [1.82, 2.24) is 9.97 Å². The highest BCUT2D eigenvalue weighted by Crippen LogP contribution is 2.21. The second-order valence-electron chi connectivity index (χ2n) is 3.40. The lowest BCUT2D eigenvalue weighted by Crippen LogP contribution is -2.13. The molecule has 0 aliphatic rings. The van der Waals surface area contributed by atoms with Gasteiger partial charge >= 0.3 is 0 Å². The molecule has 1 heterocycles. The minimum absolute atomic E-state index is 0.0753. The van der Waals surface area contributed by atoms with Crippen molar-refractivity contribution in [3.63, 3.8) is 0 Å². The smallest absolute Gasteiger partial charge is 0.256 e. The number of aromatic nitrogens is 2. The van der Waals surface area contributed by atoms with E-state index in [1.54, 1.807) is 24.3 Å². The molecule has 1 aromatic heterocycles. The number of nitrogens with one attached hydrogen (secondary N) is 1. The van der Waals surface area contributed by atoms with Crippen LogP contribution in [0.3, 0.4) is 0 Å². The van der Waals surface area contributed by atoms with Crippen molar-refractivity contribution in [3.8, 4) is 0 Å². The van der Waals surface area contributed by atoms with Crippen LogP contribution in [0.25, 0.3) is 0 Å². The summed E-state index contributed by atoms with van der Waals surface area (Å²) in [7, 11) is 0. The molecule has 92 valence electrons. The van der Waals surface area contributed by atoms with Gasteiger partial charge < -0.3 is 11.1 Å². The highest BCUT2D eigenvalue weighted by Gasteiger charge is 2.08. The lowest BCUT2D eigenvalue weighted by atomic mass is 10.2. The Bertz CT molecular complexity index is 605. The van der Waals surface area contributed by atoms with Gasteiger partial charge in [0.2, 0.25) is 5.28 Å². The zero-order chi connectivity index (χ0) is 13.1. The second-order valence-corrected chi connectivity index (χ2v) is 4.59. The highest BCUT2D eigenvalue weighted by molar-refractivity contribution is 9.10. The summed E-state index contributed by atoms with van der Waals surface area (Å²) in [6.07, 6.45) is 1.46. The van der Waals surface area contributed by atoms with Gasteiger partial charge in [-0.2, -0.15) is 0 Å². The summed E-state index contributed by atoms with van der Waals surface area (Å²) >= 11 is 8.88. The van der Waals surface area contributed by atoms with Crippen molar-refractivity contribution in [2.45, 2.75) is 0 Å². The molecular weight excluding hydrogens is 320 g/mol. The van der Waals surface area contributed by atoms with Gasteiger partial charge in [0.15, 0.2) is 0 Å². The maximum atomic E-state index is 11.9. The van der Waals surface area contributed by atoms with Crippen LogP contribution in [0.4, 0.5) is 11.5 Å². The molecule has 2 rings (SSSR count). The molecule has 1 amide bonds. The molecule has 0 bridgehead atoms. The second kappa shape index (κ2) is 5.32. The molecule has 0 aliphatic heterocycles. The fraction of sp³-hybridized carbons (Fsp3) is 0. The van der Waals surface area contributed by atoms with Gasteiger partial charge in [0, 0.05) is 21.9 Å². The van der Waals surface area contributed by atoms with Crippen LogP contribution in [0.15, 0.2) is 34.9 Å². The molecule has 0 radical (unpaired) electrons. The van der Waals surface area contributed by atoms with Gasteiger partial charge in [0.25, 0.3) is 5.91 Å². The summed E-state index contributed by atoms with van der Waals surface area (Å²) in [5.41, 5.74) is 6.67. The number of hydrogen-bond acceptors (Lipinski definition) is 4. The molecule has 0 unspecified atom stereocenters. The average molecular weight is 328 g/mol.